The van der Waals surface area contributed by atoms with Gasteiger partial charge in [-0.3, -0.25) is 14.9 Å². The van der Waals surface area contributed by atoms with Crippen LogP contribution in [0.2, 0.25) is 0 Å². The lowest BCUT2D eigenvalue weighted by Gasteiger charge is -2.24. The van der Waals surface area contributed by atoms with Crippen molar-refractivity contribution < 1.29 is 18.5 Å². The van der Waals surface area contributed by atoms with Crippen LogP contribution in [0.1, 0.15) is 15.9 Å². The second-order valence-electron chi connectivity index (χ2n) is 5.98. The van der Waals surface area contributed by atoms with Gasteiger partial charge in [-0.1, -0.05) is 6.07 Å². The van der Waals surface area contributed by atoms with Crippen LogP contribution >= 0.6 is 0 Å². The van der Waals surface area contributed by atoms with Crippen molar-refractivity contribution in [3.63, 3.8) is 0 Å². The third kappa shape index (κ3) is 4.14. The molecule has 0 spiro atoms. The van der Waals surface area contributed by atoms with Crippen LogP contribution in [-0.4, -0.2) is 42.9 Å². The summed E-state index contributed by atoms with van der Waals surface area (Å²) in [7, 11) is 3.22. The van der Waals surface area contributed by atoms with Gasteiger partial charge in [0.15, 0.2) is 0 Å². The predicted octanol–water partition coefficient (Wildman–Crippen LogP) is 3.39. The van der Waals surface area contributed by atoms with E-state index in [0.29, 0.717) is 6.54 Å². The highest BCUT2D eigenvalue weighted by Crippen LogP contribution is 2.20. The van der Waals surface area contributed by atoms with E-state index in [1.165, 1.54) is 37.1 Å². The van der Waals surface area contributed by atoms with Gasteiger partial charge in [-0.15, -0.1) is 0 Å². The molecule has 8 heteroatoms. The van der Waals surface area contributed by atoms with E-state index in [2.05, 4.69) is 0 Å². The first kappa shape index (κ1) is 19.3. The highest BCUT2D eigenvalue weighted by molar-refractivity contribution is 5.94. The summed E-state index contributed by atoms with van der Waals surface area (Å²) in [5.41, 5.74) is 0.348. The standard InChI is InChI=1S/C18H19F2N3O3/c1-12-4-9-15(19)16(17(12)20)18(24)22(3)11-10-21(2)13-5-7-14(8-6-13)23(25)26/h4-9H,10-11H2,1-3H3. The minimum atomic E-state index is -0.895. The fraction of sp³-hybridized carbons (Fsp3) is 0.278. The van der Waals surface area contributed by atoms with Crippen LogP contribution in [0.4, 0.5) is 20.2 Å². The van der Waals surface area contributed by atoms with Crippen molar-refractivity contribution in [1.82, 2.24) is 4.90 Å². The normalized spacial score (nSPS) is 10.5. The predicted molar refractivity (Wildman–Crippen MR) is 94.4 cm³/mol. The molecule has 0 saturated heterocycles. The van der Waals surface area contributed by atoms with E-state index in [1.807, 2.05) is 0 Å². The first-order valence-corrected chi connectivity index (χ1v) is 7.88. The van der Waals surface area contributed by atoms with Gasteiger partial charge in [-0.2, -0.15) is 0 Å². The number of amides is 1. The molecule has 0 radical (unpaired) electrons. The van der Waals surface area contributed by atoms with Crippen LogP contribution in [0.15, 0.2) is 36.4 Å². The zero-order valence-electron chi connectivity index (χ0n) is 14.7. The van der Waals surface area contributed by atoms with E-state index in [1.54, 1.807) is 24.1 Å². The highest BCUT2D eigenvalue weighted by atomic mass is 19.1. The number of rotatable bonds is 6. The lowest BCUT2D eigenvalue weighted by atomic mass is 10.1. The number of hydrogen-bond donors (Lipinski definition) is 0. The van der Waals surface area contributed by atoms with Crippen molar-refractivity contribution >= 4 is 17.3 Å². The van der Waals surface area contributed by atoms with Crippen LogP contribution in [0.3, 0.4) is 0 Å². The third-order valence-electron chi connectivity index (χ3n) is 4.12. The monoisotopic (exact) mass is 363 g/mol. The molecule has 0 heterocycles. The van der Waals surface area contributed by atoms with Gasteiger partial charge in [0.1, 0.15) is 17.2 Å². The smallest absolute Gasteiger partial charge is 0.269 e. The molecule has 2 aromatic carbocycles. The molecule has 0 aliphatic heterocycles. The SMILES string of the molecule is Cc1ccc(F)c(C(=O)N(C)CCN(C)c2ccc([N+](=O)[O-])cc2)c1F. The Hall–Kier alpha value is -3.03. The van der Waals surface area contributed by atoms with Crippen molar-refractivity contribution in [3.05, 3.63) is 69.3 Å². The lowest BCUT2D eigenvalue weighted by molar-refractivity contribution is -0.384. The maximum atomic E-state index is 14.1. The fourth-order valence-corrected chi connectivity index (χ4v) is 2.40. The van der Waals surface area contributed by atoms with Crippen LogP contribution in [0.5, 0.6) is 0 Å². The Bertz CT molecular complexity index is 825. The minimum absolute atomic E-state index is 0.0140. The van der Waals surface area contributed by atoms with Gasteiger partial charge in [0.2, 0.25) is 0 Å². The molecule has 2 aromatic rings. The summed E-state index contributed by atoms with van der Waals surface area (Å²) in [4.78, 5) is 25.6. The van der Waals surface area contributed by atoms with Gasteiger partial charge >= 0.3 is 0 Å². The Morgan fingerprint density at radius 1 is 1.08 bits per heavy atom. The number of nitro benzene ring substituents is 1. The first-order chi connectivity index (χ1) is 12.2. The number of non-ortho nitro benzene ring substituents is 1. The quantitative estimate of drug-likeness (QED) is 0.583. The molecule has 1 amide bonds. The van der Waals surface area contributed by atoms with Gasteiger partial charge in [-0.25, -0.2) is 8.78 Å². The zero-order chi connectivity index (χ0) is 19.4. The molecule has 0 saturated carbocycles. The average molecular weight is 363 g/mol. The molecule has 0 N–H and O–H groups in total. The van der Waals surface area contributed by atoms with E-state index < -0.39 is 28.0 Å². The topological polar surface area (TPSA) is 66.7 Å². The molecular formula is C18H19F2N3O3. The summed E-state index contributed by atoms with van der Waals surface area (Å²) in [5.74, 6) is -2.49. The molecule has 26 heavy (non-hydrogen) atoms. The second kappa shape index (κ2) is 7.90. The van der Waals surface area contributed by atoms with Crippen LogP contribution in [-0.2, 0) is 0 Å². The van der Waals surface area contributed by atoms with Crippen LogP contribution < -0.4 is 4.90 Å². The van der Waals surface area contributed by atoms with Crippen molar-refractivity contribution in [1.29, 1.82) is 0 Å². The van der Waals surface area contributed by atoms with Crippen molar-refractivity contribution in [2.45, 2.75) is 6.92 Å². The molecule has 138 valence electrons. The number of carbonyl (C=O) groups excluding carboxylic acids is 1. The molecule has 0 unspecified atom stereocenters. The Balaban J connectivity index is 2.04. The summed E-state index contributed by atoms with van der Waals surface area (Å²) < 4.78 is 27.9. The molecule has 0 fully saturated rings. The van der Waals surface area contributed by atoms with E-state index in [4.69, 9.17) is 0 Å². The number of carbonyl (C=O) groups is 1. The number of aryl methyl sites for hydroxylation is 1. The molecule has 6 nitrogen and oxygen atoms in total. The second-order valence-corrected chi connectivity index (χ2v) is 5.98. The number of halogens is 2. The van der Waals surface area contributed by atoms with Crippen molar-refractivity contribution in [2.75, 3.05) is 32.1 Å². The Morgan fingerprint density at radius 3 is 2.27 bits per heavy atom. The maximum absolute atomic E-state index is 14.1. The maximum Gasteiger partial charge on any atom is 0.269 e. The molecule has 0 bridgehead atoms. The van der Waals surface area contributed by atoms with Crippen molar-refractivity contribution in [2.24, 2.45) is 0 Å². The molecular weight excluding hydrogens is 344 g/mol. The minimum Gasteiger partial charge on any atom is -0.373 e. The van der Waals surface area contributed by atoms with E-state index >= 15 is 0 Å². The fourth-order valence-electron chi connectivity index (χ4n) is 2.40. The number of nitrogens with zero attached hydrogens (tertiary/aromatic N) is 3. The molecule has 0 aliphatic carbocycles. The molecule has 0 atom stereocenters. The van der Waals surface area contributed by atoms with Gasteiger partial charge in [0.05, 0.1) is 4.92 Å². The lowest BCUT2D eigenvalue weighted by Crippen LogP contribution is -2.35. The third-order valence-corrected chi connectivity index (χ3v) is 4.12. The summed E-state index contributed by atoms with van der Waals surface area (Å²) in [6, 6.07) is 8.32. The summed E-state index contributed by atoms with van der Waals surface area (Å²) >= 11 is 0. The van der Waals surface area contributed by atoms with Crippen LogP contribution in [0, 0.1) is 28.7 Å². The van der Waals surface area contributed by atoms with Gasteiger partial charge in [-0.05, 0) is 30.7 Å². The summed E-state index contributed by atoms with van der Waals surface area (Å²) in [5, 5.41) is 10.7. The zero-order valence-corrected chi connectivity index (χ0v) is 14.7. The molecule has 0 aromatic heterocycles. The number of anilines is 1. The van der Waals surface area contributed by atoms with E-state index in [-0.39, 0.29) is 17.8 Å². The average Bonchev–Trinajstić information content (AvgIpc) is 2.62. The Labute approximate surface area is 149 Å². The number of benzene rings is 2. The number of hydrogen-bond acceptors (Lipinski definition) is 4. The van der Waals surface area contributed by atoms with Gasteiger partial charge in [0, 0.05) is 45.0 Å². The summed E-state index contributed by atoms with van der Waals surface area (Å²) in [6.45, 7) is 2.07. The van der Waals surface area contributed by atoms with Crippen molar-refractivity contribution in [3.8, 4) is 0 Å². The first-order valence-electron chi connectivity index (χ1n) is 7.88. The van der Waals surface area contributed by atoms with Crippen LogP contribution in [0.25, 0.3) is 0 Å². The Kier molecular flexibility index (Phi) is 5.86. The highest BCUT2D eigenvalue weighted by Gasteiger charge is 2.22. The molecule has 2 rings (SSSR count). The Morgan fingerprint density at radius 2 is 1.69 bits per heavy atom. The largest absolute Gasteiger partial charge is 0.373 e. The van der Waals surface area contributed by atoms with Gasteiger partial charge in [0.25, 0.3) is 11.6 Å². The molecule has 0 aliphatic rings. The number of nitro groups is 1. The summed E-state index contributed by atoms with van der Waals surface area (Å²) in [6.07, 6.45) is 0. The number of likely N-dealkylation sites (N-methyl/N-ethyl adjacent to an activating group) is 2. The van der Waals surface area contributed by atoms with Gasteiger partial charge < -0.3 is 9.80 Å². The van der Waals surface area contributed by atoms with E-state index in [9.17, 15) is 23.7 Å². The van der Waals surface area contributed by atoms with E-state index in [0.717, 1.165) is 11.8 Å².